The Morgan fingerprint density at radius 2 is 2.00 bits per heavy atom. The number of sulfonamides is 1. The van der Waals surface area contributed by atoms with Crippen molar-refractivity contribution in [3.63, 3.8) is 0 Å². The van der Waals surface area contributed by atoms with Gasteiger partial charge in [-0.1, -0.05) is 0 Å². The Kier molecular flexibility index (Phi) is 4.17. The quantitative estimate of drug-likeness (QED) is 0.874. The minimum atomic E-state index is -3.66. The van der Waals surface area contributed by atoms with Crippen LogP contribution in [-0.2, 0) is 16.6 Å². The van der Waals surface area contributed by atoms with E-state index in [0.29, 0.717) is 0 Å². The molecule has 106 valence electrons. The van der Waals surface area contributed by atoms with Gasteiger partial charge < -0.3 is 5.11 Å². The van der Waals surface area contributed by atoms with E-state index in [1.165, 1.54) is 35.6 Å². The number of carboxylic acid groups (broad SMARTS) is 1. The molecule has 2 N–H and O–H groups in total. The molecule has 0 saturated heterocycles. The summed E-state index contributed by atoms with van der Waals surface area (Å²) < 4.78 is 26.6. The average Bonchev–Trinajstić information content (AvgIpc) is 2.82. The number of benzene rings is 1. The standard InChI is InChI=1S/C12H12N2O4S2/c1-8-11(19-7-13-8)6-14-20(17,18)10-4-2-9(3-5-10)12(15)16/h2-5,7,14H,6H2,1H3,(H,15,16). The number of carboxylic acids is 1. The van der Waals surface area contributed by atoms with Crippen molar-refractivity contribution in [2.24, 2.45) is 0 Å². The lowest BCUT2D eigenvalue weighted by atomic mass is 10.2. The summed E-state index contributed by atoms with van der Waals surface area (Å²) in [5, 5.41) is 8.77. The zero-order valence-electron chi connectivity index (χ0n) is 10.5. The lowest BCUT2D eigenvalue weighted by Gasteiger charge is -2.06. The number of thiazole rings is 1. The highest BCUT2D eigenvalue weighted by atomic mass is 32.2. The van der Waals surface area contributed by atoms with Gasteiger partial charge in [-0.25, -0.2) is 22.9 Å². The summed E-state index contributed by atoms with van der Waals surface area (Å²) >= 11 is 1.38. The number of aromatic carboxylic acids is 1. The molecule has 1 heterocycles. The first-order valence-corrected chi connectivity index (χ1v) is 7.98. The van der Waals surface area contributed by atoms with Crippen LogP contribution in [-0.4, -0.2) is 24.5 Å². The molecule has 2 aromatic rings. The Morgan fingerprint density at radius 1 is 1.35 bits per heavy atom. The van der Waals surface area contributed by atoms with Crippen LogP contribution in [0.2, 0.25) is 0 Å². The van der Waals surface area contributed by atoms with E-state index < -0.39 is 16.0 Å². The largest absolute Gasteiger partial charge is 0.478 e. The molecule has 0 fully saturated rings. The second-order valence-electron chi connectivity index (χ2n) is 4.02. The second kappa shape index (κ2) is 5.70. The highest BCUT2D eigenvalue weighted by Crippen LogP contribution is 2.15. The lowest BCUT2D eigenvalue weighted by Crippen LogP contribution is -2.23. The van der Waals surface area contributed by atoms with Gasteiger partial charge in [-0.2, -0.15) is 0 Å². The highest BCUT2D eigenvalue weighted by Gasteiger charge is 2.15. The number of carbonyl (C=O) groups is 1. The van der Waals surface area contributed by atoms with Gasteiger partial charge in [-0.15, -0.1) is 11.3 Å². The topological polar surface area (TPSA) is 96.4 Å². The van der Waals surface area contributed by atoms with E-state index in [9.17, 15) is 13.2 Å². The summed E-state index contributed by atoms with van der Waals surface area (Å²) in [6, 6.07) is 5.06. The molecule has 0 bridgehead atoms. The van der Waals surface area contributed by atoms with Gasteiger partial charge in [-0.3, -0.25) is 0 Å². The molecular formula is C12H12N2O4S2. The Morgan fingerprint density at radius 3 is 2.50 bits per heavy atom. The maximum atomic E-state index is 12.0. The van der Waals surface area contributed by atoms with E-state index >= 15 is 0 Å². The molecular weight excluding hydrogens is 300 g/mol. The third kappa shape index (κ3) is 3.21. The number of rotatable bonds is 5. The number of aryl methyl sites for hydroxylation is 1. The van der Waals surface area contributed by atoms with Crippen molar-refractivity contribution in [1.29, 1.82) is 0 Å². The fourth-order valence-electron chi connectivity index (χ4n) is 1.52. The molecule has 20 heavy (non-hydrogen) atoms. The molecule has 0 unspecified atom stereocenters. The van der Waals surface area contributed by atoms with Crippen molar-refractivity contribution in [2.75, 3.05) is 0 Å². The maximum Gasteiger partial charge on any atom is 0.335 e. The normalized spacial score (nSPS) is 11.4. The first kappa shape index (κ1) is 14.6. The van der Waals surface area contributed by atoms with Crippen LogP contribution < -0.4 is 4.72 Å². The van der Waals surface area contributed by atoms with E-state index in [-0.39, 0.29) is 17.0 Å². The molecule has 0 aliphatic heterocycles. The van der Waals surface area contributed by atoms with Crippen LogP contribution in [0.15, 0.2) is 34.7 Å². The first-order chi connectivity index (χ1) is 9.40. The smallest absolute Gasteiger partial charge is 0.335 e. The molecule has 6 nitrogen and oxygen atoms in total. The number of aromatic nitrogens is 1. The highest BCUT2D eigenvalue weighted by molar-refractivity contribution is 7.89. The van der Waals surface area contributed by atoms with E-state index in [4.69, 9.17) is 5.11 Å². The number of hydrogen-bond donors (Lipinski definition) is 2. The van der Waals surface area contributed by atoms with Gasteiger partial charge in [0.1, 0.15) is 0 Å². The second-order valence-corrected chi connectivity index (χ2v) is 6.72. The van der Waals surface area contributed by atoms with Crippen molar-refractivity contribution in [3.05, 3.63) is 45.9 Å². The van der Waals surface area contributed by atoms with Crippen LogP contribution in [0.1, 0.15) is 20.9 Å². The summed E-state index contributed by atoms with van der Waals surface area (Å²) in [6.45, 7) is 1.97. The van der Waals surface area contributed by atoms with Gasteiger partial charge in [0, 0.05) is 11.4 Å². The molecule has 0 aliphatic carbocycles. The Balaban J connectivity index is 2.14. The van der Waals surface area contributed by atoms with Crippen LogP contribution >= 0.6 is 11.3 Å². The fourth-order valence-corrected chi connectivity index (χ4v) is 3.32. The molecule has 0 radical (unpaired) electrons. The summed E-state index contributed by atoms with van der Waals surface area (Å²) in [6.07, 6.45) is 0. The van der Waals surface area contributed by atoms with Gasteiger partial charge in [0.05, 0.1) is 21.7 Å². The minimum Gasteiger partial charge on any atom is -0.478 e. The van der Waals surface area contributed by atoms with Gasteiger partial charge in [0.2, 0.25) is 10.0 Å². The first-order valence-electron chi connectivity index (χ1n) is 5.62. The van der Waals surface area contributed by atoms with Crippen LogP contribution in [0.4, 0.5) is 0 Å². The Hall–Kier alpha value is -1.77. The summed E-state index contributed by atoms with van der Waals surface area (Å²) in [5.74, 6) is -1.10. The monoisotopic (exact) mass is 312 g/mol. The minimum absolute atomic E-state index is 0.0321. The molecule has 1 aromatic heterocycles. The van der Waals surface area contributed by atoms with Gasteiger partial charge >= 0.3 is 5.97 Å². The average molecular weight is 312 g/mol. The molecule has 0 saturated carbocycles. The molecule has 0 spiro atoms. The number of nitrogens with zero attached hydrogens (tertiary/aromatic N) is 1. The molecule has 0 aliphatic rings. The summed E-state index contributed by atoms with van der Waals surface area (Å²) in [4.78, 5) is 15.6. The van der Waals surface area contributed by atoms with Crippen LogP contribution in [0, 0.1) is 6.92 Å². The number of hydrogen-bond acceptors (Lipinski definition) is 5. The summed E-state index contributed by atoms with van der Waals surface area (Å²) in [5.41, 5.74) is 2.49. The lowest BCUT2D eigenvalue weighted by molar-refractivity contribution is 0.0696. The van der Waals surface area contributed by atoms with Crippen molar-refractivity contribution in [1.82, 2.24) is 9.71 Å². The molecule has 1 aromatic carbocycles. The van der Waals surface area contributed by atoms with Crippen LogP contribution in [0.3, 0.4) is 0 Å². The van der Waals surface area contributed by atoms with Gasteiger partial charge in [-0.05, 0) is 31.2 Å². The van der Waals surface area contributed by atoms with Gasteiger partial charge in [0.25, 0.3) is 0 Å². The van der Waals surface area contributed by atoms with Crippen molar-refractivity contribution in [3.8, 4) is 0 Å². The van der Waals surface area contributed by atoms with Crippen molar-refractivity contribution in [2.45, 2.75) is 18.4 Å². The SMILES string of the molecule is Cc1ncsc1CNS(=O)(=O)c1ccc(C(=O)O)cc1. The Labute approximate surface area is 120 Å². The molecule has 0 atom stereocenters. The van der Waals surface area contributed by atoms with Crippen LogP contribution in [0.5, 0.6) is 0 Å². The molecule has 0 amide bonds. The van der Waals surface area contributed by atoms with E-state index in [1.54, 1.807) is 5.51 Å². The molecule has 2 rings (SSSR count). The van der Waals surface area contributed by atoms with Crippen molar-refractivity contribution < 1.29 is 18.3 Å². The van der Waals surface area contributed by atoms with E-state index in [2.05, 4.69) is 9.71 Å². The van der Waals surface area contributed by atoms with Crippen LogP contribution in [0.25, 0.3) is 0 Å². The predicted molar refractivity (Wildman–Crippen MR) is 74.3 cm³/mol. The summed E-state index contributed by atoms with van der Waals surface area (Å²) in [7, 11) is -3.66. The van der Waals surface area contributed by atoms with E-state index in [0.717, 1.165) is 10.6 Å². The predicted octanol–water partition coefficient (Wildman–Crippen LogP) is 1.63. The number of nitrogens with one attached hydrogen (secondary N) is 1. The zero-order chi connectivity index (χ0) is 14.8. The third-order valence-electron chi connectivity index (χ3n) is 2.68. The Bertz CT molecular complexity index is 720. The third-order valence-corrected chi connectivity index (χ3v) is 5.03. The maximum absolute atomic E-state index is 12.0. The zero-order valence-corrected chi connectivity index (χ0v) is 12.2. The van der Waals surface area contributed by atoms with Gasteiger partial charge in [0.15, 0.2) is 0 Å². The van der Waals surface area contributed by atoms with E-state index in [1.807, 2.05) is 6.92 Å². The molecule has 8 heteroatoms. The fraction of sp³-hybridized carbons (Fsp3) is 0.167. The van der Waals surface area contributed by atoms with Crippen molar-refractivity contribution >= 4 is 27.3 Å².